The zero-order valence-corrected chi connectivity index (χ0v) is 8.86. The summed E-state index contributed by atoms with van der Waals surface area (Å²) < 4.78 is 6.15. The fraction of sp³-hybridized carbons (Fsp3) is 0.500. The predicted octanol–water partition coefficient (Wildman–Crippen LogP) is -0.592. The first-order valence-electron chi connectivity index (χ1n) is 5.05. The van der Waals surface area contributed by atoms with Gasteiger partial charge in [-0.15, -0.1) is 0 Å². The van der Waals surface area contributed by atoms with Gasteiger partial charge in [0.2, 0.25) is 0 Å². The van der Waals surface area contributed by atoms with Gasteiger partial charge in [-0.1, -0.05) is 0 Å². The van der Waals surface area contributed by atoms with Crippen LogP contribution in [0.2, 0.25) is 0 Å². The number of cyclic esters (lactones) is 1. The molecule has 6 nitrogen and oxygen atoms in total. The van der Waals surface area contributed by atoms with Crippen LogP contribution < -0.4 is 11.2 Å². The quantitative estimate of drug-likeness (QED) is 0.681. The largest absolute Gasteiger partial charge is 0.465 e. The summed E-state index contributed by atoms with van der Waals surface area (Å²) in [6.45, 7) is 2.28. The maximum Gasteiger partial charge on any atom is 0.328 e. The number of rotatable bonds is 2. The Labute approximate surface area is 90.9 Å². The Morgan fingerprint density at radius 3 is 2.88 bits per heavy atom. The molecule has 86 valence electrons. The highest BCUT2D eigenvalue weighted by Crippen LogP contribution is 2.15. The van der Waals surface area contributed by atoms with Crippen molar-refractivity contribution < 1.29 is 9.53 Å². The van der Waals surface area contributed by atoms with Gasteiger partial charge in [-0.25, -0.2) is 4.79 Å². The van der Waals surface area contributed by atoms with Crippen LogP contribution in [0.5, 0.6) is 0 Å². The molecule has 0 unspecified atom stereocenters. The molecule has 1 N–H and O–H groups in total. The smallest absolute Gasteiger partial charge is 0.328 e. The lowest BCUT2D eigenvalue weighted by Crippen LogP contribution is -2.33. The summed E-state index contributed by atoms with van der Waals surface area (Å²) in [7, 11) is 0. The number of hydrogen-bond acceptors (Lipinski definition) is 4. The molecule has 0 aromatic carbocycles. The van der Waals surface area contributed by atoms with Gasteiger partial charge in [0, 0.05) is 18.3 Å². The van der Waals surface area contributed by atoms with Gasteiger partial charge in [0.1, 0.15) is 0 Å². The number of carbonyl (C=O) groups excluding carboxylic acids is 1. The number of ether oxygens (including phenoxy) is 1. The van der Waals surface area contributed by atoms with E-state index in [0.717, 1.165) is 0 Å². The van der Waals surface area contributed by atoms with Crippen LogP contribution in [-0.2, 0) is 16.1 Å². The van der Waals surface area contributed by atoms with Crippen molar-refractivity contribution in [3.63, 3.8) is 0 Å². The van der Waals surface area contributed by atoms with E-state index in [0.29, 0.717) is 18.6 Å². The average molecular weight is 224 g/mol. The summed E-state index contributed by atoms with van der Waals surface area (Å²) in [5.74, 6) is -0.571. The van der Waals surface area contributed by atoms with E-state index in [9.17, 15) is 14.4 Å². The Bertz CT molecular complexity index is 528. The Morgan fingerprint density at radius 1 is 1.50 bits per heavy atom. The SMILES string of the molecule is Cc1cn(C[C@H]2CCOC2=O)c(=O)[nH]c1=O. The summed E-state index contributed by atoms with van der Waals surface area (Å²) in [4.78, 5) is 36.0. The third kappa shape index (κ3) is 1.91. The minimum Gasteiger partial charge on any atom is -0.465 e. The monoisotopic (exact) mass is 224 g/mol. The molecular formula is C10H12N2O4. The van der Waals surface area contributed by atoms with E-state index in [1.54, 1.807) is 6.92 Å². The number of hydrogen-bond donors (Lipinski definition) is 1. The molecule has 0 saturated carbocycles. The highest BCUT2D eigenvalue weighted by atomic mass is 16.5. The first-order valence-corrected chi connectivity index (χ1v) is 5.05. The molecule has 1 aromatic heterocycles. The fourth-order valence-corrected chi connectivity index (χ4v) is 1.69. The third-order valence-corrected chi connectivity index (χ3v) is 2.65. The van der Waals surface area contributed by atoms with Crippen LogP contribution in [0.4, 0.5) is 0 Å². The molecule has 0 amide bonds. The first-order chi connectivity index (χ1) is 7.58. The number of aromatic amines is 1. The van der Waals surface area contributed by atoms with Gasteiger partial charge in [-0.3, -0.25) is 19.1 Å². The molecule has 1 aliphatic rings. The molecule has 2 rings (SSSR count). The van der Waals surface area contributed by atoms with E-state index in [1.165, 1.54) is 10.8 Å². The zero-order chi connectivity index (χ0) is 11.7. The standard InChI is InChI=1S/C10H12N2O4/c1-6-4-12(10(15)11-8(6)13)5-7-2-3-16-9(7)14/h4,7H,2-3,5H2,1H3,(H,11,13,15)/t7-/m1/s1. The van der Waals surface area contributed by atoms with Crippen LogP contribution >= 0.6 is 0 Å². The van der Waals surface area contributed by atoms with Crippen LogP contribution in [0, 0.1) is 12.8 Å². The number of H-pyrrole nitrogens is 1. The summed E-state index contributed by atoms with van der Waals surface area (Å²) in [6, 6.07) is 0. The minimum atomic E-state index is -0.490. The van der Waals surface area contributed by atoms with Crippen molar-refractivity contribution in [1.82, 2.24) is 9.55 Å². The van der Waals surface area contributed by atoms with Crippen molar-refractivity contribution >= 4 is 5.97 Å². The number of carbonyl (C=O) groups is 1. The first kappa shape index (κ1) is 10.7. The highest BCUT2D eigenvalue weighted by Gasteiger charge is 2.27. The maximum atomic E-state index is 11.4. The van der Waals surface area contributed by atoms with Crippen LogP contribution in [0.1, 0.15) is 12.0 Å². The van der Waals surface area contributed by atoms with E-state index in [2.05, 4.69) is 4.98 Å². The van der Waals surface area contributed by atoms with Gasteiger partial charge in [0.25, 0.3) is 5.56 Å². The molecule has 6 heteroatoms. The van der Waals surface area contributed by atoms with Crippen molar-refractivity contribution in [2.75, 3.05) is 6.61 Å². The number of aromatic nitrogens is 2. The molecule has 0 bridgehead atoms. The molecule has 1 atom stereocenters. The van der Waals surface area contributed by atoms with Crippen molar-refractivity contribution in [1.29, 1.82) is 0 Å². The summed E-state index contributed by atoms with van der Waals surface area (Å²) in [5.41, 5.74) is -0.434. The van der Waals surface area contributed by atoms with E-state index in [-0.39, 0.29) is 18.4 Å². The average Bonchev–Trinajstić information content (AvgIpc) is 2.61. The van der Waals surface area contributed by atoms with Crippen LogP contribution in [0.25, 0.3) is 0 Å². The van der Waals surface area contributed by atoms with E-state index in [4.69, 9.17) is 4.74 Å². The molecule has 2 heterocycles. The topological polar surface area (TPSA) is 81.2 Å². The lowest BCUT2D eigenvalue weighted by atomic mass is 10.1. The lowest BCUT2D eigenvalue weighted by Gasteiger charge is -2.08. The number of nitrogens with zero attached hydrogens (tertiary/aromatic N) is 1. The Balaban J connectivity index is 2.28. The summed E-state index contributed by atoms with van der Waals surface area (Å²) in [6.07, 6.45) is 2.08. The van der Waals surface area contributed by atoms with Gasteiger partial charge >= 0.3 is 11.7 Å². The Hall–Kier alpha value is -1.85. The second kappa shape index (κ2) is 3.96. The van der Waals surface area contributed by atoms with Crippen molar-refractivity contribution in [2.45, 2.75) is 19.9 Å². The molecular weight excluding hydrogens is 212 g/mol. The van der Waals surface area contributed by atoms with Gasteiger partial charge in [-0.2, -0.15) is 0 Å². The molecule has 1 aromatic rings. The Morgan fingerprint density at radius 2 is 2.25 bits per heavy atom. The van der Waals surface area contributed by atoms with E-state index >= 15 is 0 Å². The summed E-state index contributed by atoms with van der Waals surface area (Å²) in [5, 5.41) is 0. The van der Waals surface area contributed by atoms with Crippen LogP contribution in [0.3, 0.4) is 0 Å². The van der Waals surface area contributed by atoms with Gasteiger partial charge in [-0.05, 0) is 13.3 Å². The molecule has 1 saturated heterocycles. The van der Waals surface area contributed by atoms with Crippen molar-refractivity contribution in [3.8, 4) is 0 Å². The lowest BCUT2D eigenvalue weighted by molar-refractivity contribution is -0.141. The molecule has 16 heavy (non-hydrogen) atoms. The second-order valence-electron chi connectivity index (χ2n) is 3.88. The third-order valence-electron chi connectivity index (χ3n) is 2.65. The molecule has 1 aliphatic heterocycles. The number of esters is 1. The maximum absolute atomic E-state index is 11.4. The fourth-order valence-electron chi connectivity index (χ4n) is 1.69. The van der Waals surface area contributed by atoms with E-state index in [1.807, 2.05) is 0 Å². The summed E-state index contributed by atoms with van der Waals surface area (Å²) >= 11 is 0. The Kier molecular flexibility index (Phi) is 2.64. The highest BCUT2D eigenvalue weighted by molar-refractivity contribution is 5.73. The van der Waals surface area contributed by atoms with Crippen molar-refractivity contribution in [3.05, 3.63) is 32.6 Å². The van der Waals surface area contributed by atoms with Gasteiger partial charge in [0.05, 0.1) is 12.5 Å². The van der Waals surface area contributed by atoms with Crippen LogP contribution in [0.15, 0.2) is 15.8 Å². The zero-order valence-electron chi connectivity index (χ0n) is 8.86. The van der Waals surface area contributed by atoms with Crippen molar-refractivity contribution in [2.24, 2.45) is 5.92 Å². The number of nitrogens with one attached hydrogen (secondary N) is 1. The number of aryl methyl sites for hydroxylation is 1. The second-order valence-corrected chi connectivity index (χ2v) is 3.88. The molecule has 0 radical (unpaired) electrons. The molecule has 0 spiro atoms. The van der Waals surface area contributed by atoms with Gasteiger partial charge in [0.15, 0.2) is 0 Å². The minimum absolute atomic E-state index is 0.259. The normalized spacial score (nSPS) is 19.8. The molecule has 0 aliphatic carbocycles. The molecule has 1 fully saturated rings. The van der Waals surface area contributed by atoms with E-state index < -0.39 is 11.2 Å². The van der Waals surface area contributed by atoms with Gasteiger partial charge < -0.3 is 4.74 Å². The predicted molar refractivity (Wildman–Crippen MR) is 55.1 cm³/mol. The van der Waals surface area contributed by atoms with Crippen LogP contribution in [-0.4, -0.2) is 22.1 Å².